The molecule has 1 N–H and O–H groups in total. The lowest BCUT2D eigenvalue weighted by Crippen LogP contribution is -2.57. The van der Waals surface area contributed by atoms with Crippen molar-refractivity contribution in [3.63, 3.8) is 0 Å². The number of carbonyl (C=O) groups is 1. The number of hydrogen-bond acceptors (Lipinski definition) is 4. The van der Waals surface area contributed by atoms with E-state index in [4.69, 9.17) is 0 Å². The third kappa shape index (κ3) is 6.87. The van der Waals surface area contributed by atoms with E-state index in [1.165, 1.54) is 57.8 Å². The third-order valence-electron chi connectivity index (χ3n) is 6.92. The van der Waals surface area contributed by atoms with E-state index in [1.807, 2.05) is 20.8 Å². The molecule has 0 saturated carbocycles. The first kappa shape index (κ1) is 27.0. The van der Waals surface area contributed by atoms with Crippen molar-refractivity contribution in [2.75, 3.05) is 0 Å². The topological polar surface area (TPSA) is 85.1 Å². The van der Waals surface area contributed by atoms with E-state index in [0.29, 0.717) is 17.3 Å². The van der Waals surface area contributed by atoms with E-state index in [2.05, 4.69) is 17.2 Å². The van der Waals surface area contributed by atoms with Crippen LogP contribution in [-0.4, -0.2) is 26.1 Å². The Morgan fingerprint density at radius 1 is 0.879 bits per heavy atom. The standard InChI is InChI=1S/C27H43N3O3/c1-5-6-7-8-9-10-11-12-13-14-15-18-21-27(25(32)33,26(2,3)4)30-24(31)22-19-16-17-20-23(22)28-29-30/h16-17,19-20H,5-15,18,21H2,1-4H3,(H,32,33). The first-order chi connectivity index (χ1) is 15.8. The van der Waals surface area contributed by atoms with Crippen molar-refractivity contribution in [2.45, 2.75) is 117 Å². The molecule has 1 atom stereocenters. The molecule has 0 aliphatic heterocycles. The van der Waals surface area contributed by atoms with Crippen molar-refractivity contribution in [1.29, 1.82) is 0 Å². The van der Waals surface area contributed by atoms with E-state index in [-0.39, 0.29) is 0 Å². The minimum Gasteiger partial charge on any atom is -0.479 e. The van der Waals surface area contributed by atoms with Crippen molar-refractivity contribution in [1.82, 2.24) is 15.0 Å². The summed E-state index contributed by atoms with van der Waals surface area (Å²) in [5.74, 6) is -1.02. The van der Waals surface area contributed by atoms with Crippen LogP contribution >= 0.6 is 0 Å². The van der Waals surface area contributed by atoms with Gasteiger partial charge in [0.2, 0.25) is 0 Å². The fourth-order valence-electron chi connectivity index (χ4n) is 4.78. The van der Waals surface area contributed by atoms with Gasteiger partial charge in [-0.3, -0.25) is 4.79 Å². The number of carboxylic acids is 1. The minimum absolute atomic E-state index is 0.357. The van der Waals surface area contributed by atoms with Gasteiger partial charge in [0.05, 0.1) is 5.39 Å². The van der Waals surface area contributed by atoms with E-state index in [9.17, 15) is 14.7 Å². The Morgan fingerprint density at radius 3 is 1.91 bits per heavy atom. The molecule has 0 fully saturated rings. The molecule has 184 valence electrons. The van der Waals surface area contributed by atoms with Crippen LogP contribution in [0.5, 0.6) is 0 Å². The lowest BCUT2D eigenvalue weighted by atomic mass is 9.70. The number of aliphatic carboxylic acids is 1. The fourth-order valence-corrected chi connectivity index (χ4v) is 4.78. The number of carboxylic acid groups (broad SMARTS) is 1. The molecule has 0 radical (unpaired) electrons. The molecule has 0 aliphatic carbocycles. The first-order valence-corrected chi connectivity index (χ1v) is 12.8. The molecule has 1 unspecified atom stereocenters. The summed E-state index contributed by atoms with van der Waals surface area (Å²) < 4.78 is 1.14. The Morgan fingerprint density at radius 2 is 1.39 bits per heavy atom. The summed E-state index contributed by atoms with van der Waals surface area (Å²) in [5.41, 5.74) is -2.06. The normalized spacial score (nSPS) is 13.8. The molecule has 0 aliphatic rings. The highest BCUT2D eigenvalue weighted by Crippen LogP contribution is 2.40. The second-order valence-electron chi connectivity index (χ2n) is 10.4. The molecule has 0 amide bonds. The molecular weight excluding hydrogens is 414 g/mol. The lowest BCUT2D eigenvalue weighted by Gasteiger charge is -2.41. The molecule has 6 heteroatoms. The summed E-state index contributed by atoms with van der Waals surface area (Å²) in [4.78, 5) is 25.9. The molecule has 0 spiro atoms. The third-order valence-corrected chi connectivity index (χ3v) is 6.92. The summed E-state index contributed by atoms with van der Waals surface area (Å²) in [6, 6.07) is 6.96. The Bertz CT molecular complexity index is 932. The maximum atomic E-state index is 13.2. The van der Waals surface area contributed by atoms with Crippen LogP contribution in [-0.2, 0) is 10.3 Å². The van der Waals surface area contributed by atoms with Gasteiger partial charge >= 0.3 is 5.97 Å². The van der Waals surface area contributed by atoms with Gasteiger partial charge in [-0.25, -0.2) is 4.79 Å². The van der Waals surface area contributed by atoms with Gasteiger partial charge in [-0.2, -0.15) is 4.68 Å². The van der Waals surface area contributed by atoms with Crippen molar-refractivity contribution in [3.05, 3.63) is 34.6 Å². The van der Waals surface area contributed by atoms with Crippen molar-refractivity contribution in [2.24, 2.45) is 5.41 Å². The Kier molecular flexibility index (Phi) is 10.5. The number of unbranched alkanes of at least 4 members (excludes halogenated alkanes) is 11. The lowest BCUT2D eigenvalue weighted by molar-refractivity contribution is -0.156. The zero-order chi connectivity index (χ0) is 24.3. The van der Waals surface area contributed by atoms with E-state index in [0.717, 1.165) is 23.9 Å². The summed E-state index contributed by atoms with van der Waals surface area (Å²) >= 11 is 0. The molecule has 0 saturated heterocycles. The zero-order valence-electron chi connectivity index (χ0n) is 21.1. The Labute approximate surface area is 198 Å². The van der Waals surface area contributed by atoms with E-state index >= 15 is 0 Å². The number of rotatable bonds is 15. The van der Waals surface area contributed by atoms with Gasteiger partial charge in [-0.05, 0) is 24.0 Å². The quantitative estimate of drug-likeness (QED) is 0.300. The summed E-state index contributed by atoms with van der Waals surface area (Å²) in [7, 11) is 0. The van der Waals surface area contributed by atoms with Crippen molar-refractivity contribution < 1.29 is 9.90 Å². The summed E-state index contributed by atoms with van der Waals surface area (Å²) in [6.07, 6.45) is 14.9. The van der Waals surface area contributed by atoms with E-state index < -0.39 is 22.5 Å². The van der Waals surface area contributed by atoms with Crippen LogP contribution in [0.1, 0.15) is 111 Å². The predicted molar refractivity (Wildman–Crippen MR) is 135 cm³/mol. The van der Waals surface area contributed by atoms with Gasteiger partial charge in [0.25, 0.3) is 5.56 Å². The molecule has 1 aromatic carbocycles. The average molecular weight is 458 g/mol. The van der Waals surface area contributed by atoms with Crippen LogP contribution in [0, 0.1) is 5.41 Å². The highest BCUT2D eigenvalue weighted by molar-refractivity contribution is 5.80. The first-order valence-electron chi connectivity index (χ1n) is 12.8. The molecule has 2 rings (SSSR count). The number of benzene rings is 1. The highest BCUT2D eigenvalue weighted by Gasteiger charge is 2.52. The smallest absolute Gasteiger partial charge is 0.332 e. The van der Waals surface area contributed by atoms with Crippen LogP contribution < -0.4 is 5.56 Å². The number of hydrogen-bond donors (Lipinski definition) is 1. The maximum absolute atomic E-state index is 13.2. The zero-order valence-corrected chi connectivity index (χ0v) is 21.1. The molecule has 2 aromatic rings. The van der Waals surface area contributed by atoms with Crippen molar-refractivity contribution in [3.8, 4) is 0 Å². The van der Waals surface area contributed by atoms with Crippen molar-refractivity contribution >= 4 is 16.9 Å². The second-order valence-corrected chi connectivity index (χ2v) is 10.4. The fraction of sp³-hybridized carbons (Fsp3) is 0.704. The van der Waals surface area contributed by atoms with Gasteiger partial charge < -0.3 is 5.11 Å². The average Bonchev–Trinajstić information content (AvgIpc) is 2.77. The second kappa shape index (κ2) is 12.9. The predicted octanol–water partition coefficient (Wildman–Crippen LogP) is 6.71. The number of fused-ring (bicyclic) bond motifs is 1. The number of nitrogens with zero attached hydrogens (tertiary/aromatic N) is 3. The highest BCUT2D eigenvalue weighted by atomic mass is 16.4. The van der Waals surface area contributed by atoms with Crippen LogP contribution in [0.3, 0.4) is 0 Å². The van der Waals surface area contributed by atoms with Crippen LogP contribution in [0.15, 0.2) is 29.1 Å². The van der Waals surface area contributed by atoms with Gasteiger partial charge in [-0.15, -0.1) is 5.10 Å². The Hall–Kier alpha value is -2.24. The van der Waals surface area contributed by atoms with Crippen LogP contribution in [0.25, 0.3) is 10.9 Å². The summed E-state index contributed by atoms with van der Waals surface area (Å²) in [5, 5.41) is 19.0. The molecule has 0 bridgehead atoms. The number of aromatic nitrogens is 3. The molecular formula is C27H43N3O3. The molecule has 33 heavy (non-hydrogen) atoms. The largest absolute Gasteiger partial charge is 0.479 e. The molecule has 1 aromatic heterocycles. The molecule has 6 nitrogen and oxygen atoms in total. The van der Waals surface area contributed by atoms with Gasteiger partial charge in [-0.1, -0.05) is 122 Å². The van der Waals surface area contributed by atoms with Gasteiger partial charge in [0.15, 0.2) is 5.54 Å². The van der Waals surface area contributed by atoms with E-state index in [1.54, 1.807) is 24.3 Å². The van der Waals surface area contributed by atoms with Gasteiger partial charge in [0, 0.05) is 0 Å². The Balaban J connectivity index is 1.98. The minimum atomic E-state index is -1.44. The summed E-state index contributed by atoms with van der Waals surface area (Å²) in [6.45, 7) is 7.84. The SMILES string of the molecule is CCCCCCCCCCCCCCC(C(=O)O)(n1nnc2ccccc2c1=O)C(C)(C)C. The molecule has 1 heterocycles. The maximum Gasteiger partial charge on any atom is 0.332 e. The van der Waals surface area contributed by atoms with Crippen LogP contribution in [0.2, 0.25) is 0 Å². The van der Waals surface area contributed by atoms with Gasteiger partial charge in [0.1, 0.15) is 5.52 Å². The monoisotopic (exact) mass is 457 g/mol. The van der Waals surface area contributed by atoms with Crippen LogP contribution in [0.4, 0.5) is 0 Å².